The van der Waals surface area contributed by atoms with E-state index in [0.29, 0.717) is 19.0 Å². The SMILES string of the molecule is Cc1cc2c(CNS(N)=O)cccc2n1-c1nc(NCc2ccccc2)c2cccn2n1. The molecule has 3 heterocycles. The molecule has 0 radical (unpaired) electrons. The van der Waals surface area contributed by atoms with Crippen LogP contribution in [0.15, 0.2) is 72.9 Å². The number of nitrogens with two attached hydrogens (primary N) is 1. The minimum Gasteiger partial charge on any atom is -0.364 e. The van der Waals surface area contributed by atoms with Crippen LogP contribution in [0.25, 0.3) is 22.4 Å². The van der Waals surface area contributed by atoms with Gasteiger partial charge in [-0.05, 0) is 42.3 Å². The Labute approximate surface area is 187 Å². The van der Waals surface area contributed by atoms with Gasteiger partial charge in [0.2, 0.25) is 0 Å². The van der Waals surface area contributed by atoms with Crippen LogP contribution in [-0.4, -0.2) is 23.4 Å². The predicted molar refractivity (Wildman–Crippen MR) is 127 cm³/mol. The van der Waals surface area contributed by atoms with E-state index in [2.05, 4.69) is 28.2 Å². The van der Waals surface area contributed by atoms with Crippen LogP contribution >= 0.6 is 0 Å². The lowest BCUT2D eigenvalue weighted by Gasteiger charge is -2.12. The van der Waals surface area contributed by atoms with Gasteiger partial charge in [0.25, 0.3) is 5.95 Å². The number of nitrogens with one attached hydrogen (secondary N) is 2. The molecule has 4 N–H and O–H groups in total. The standard InChI is InChI=1S/C23H23N7OS/c1-16-13-19-18(15-26-32(24)31)9-5-10-20(19)30(16)23-27-22(21-11-6-12-29(21)28-23)25-14-17-7-3-2-4-8-17/h2-13,26H,14-15,24H2,1H3,(H,25,27,28). The van der Waals surface area contributed by atoms with Crippen LogP contribution in [0.1, 0.15) is 16.8 Å². The molecule has 5 aromatic rings. The van der Waals surface area contributed by atoms with Crippen LogP contribution in [0.5, 0.6) is 0 Å². The van der Waals surface area contributed by atoms with Crippen molar-refractivity contribution in [2.45, 2.75) is 20.0 Å². The second-order valence-electron chi connectivity index (χ2n) is 7.53. The zero-order valence-corrected chi connectivity index (χ0v) is 18.3. The van der Waals surface area contributed by atoms with Gasteiger partial charge in [-0.3, -0.25) is 4.57 Å². The van der Waals surface area contributed by atoms with Gasteiger partial charge in [-0.2, -0.15) is 4.98 Å². The molecule has 0 bridgehead atoms. The first-order valence-electron chi connectivity index (χ1n) is 10.2. The van der Waals surface area contributed by atoms with Crippen LogP contribution in [0.2, 0.25) is 0 Å². The van der Waals surface area contributed by atoms with Gasteiger partial charge in [0.05, 0.1) is 5.52 Å². The van der Waals surface area contributed by atoms with Crippen molar-refractivity contribution in [1.82, 2.24) is 23.9 Å². The van der Waals surface area contributed by atoms with Crippen molar-refractivity contribution >= 4 is 33.4 Å². The van der Waals surface area contributed by atoms with Crippen LogP contribution in [0, 0.1) is 6.92 Å². The fourth-order valence-corrected chi connectivity index (χ4v) is 4.22. The summed E-state index contributed by atoms with van der Waals surface area (Å²) in [7, 11) is 0. The number of aryl methyl sites for hydroxylation is 1. The molecule has 5 rings (SSSR count). The summed E-state index contributed by atoms with van der Waals surface area (Å²) in [6, 6.07) is 22.3. The Morgan fingerprint density at radius 1 is 1.00 bits per heavy atom. The molecule has 3 aromatic heterocycles. The van der Waals surface area contributed by atoms with Gasteiger partial charge in [0.15, 0.2) is 17.0 Å². The third kappa shape index (κ3) is 3.89. The summed E-state index contributed by atoms with van der Waals surface area (Å²) in [6.45, 7) is 3.10. The molecule has 0 saturated carbocycles. The van der Waals surface area contributed by atoms with Crippen molar-refractivity contribution in [2.75, 3.05) is 5.32 Å². The van der Waals surface area contributed by atoms with Crippen molar-refractivity contribution in [2.24, 2.45) is 5.14 Å². The van der Waals surface area contributed by atoms with Crippen LogP contribution < -0.4 is 15.2 Å². The highest BCUT2D eigenvalue weighted by Crippen LogP contribution is 2.27. The molecule has 162 valence electrons. The summed E-state index contributed by atoms with van der Waals surface area (Å²) < 4.78 is 17.9. The average molecular weight is 446 g/mol. The van der Waals surface area contributed by atoms with E-state index >= 15 is 0 Å². The molecule has 8 nitrogen and oxygen atoms in total. The number of anilines is 1. The van der Waals surface area contributed by atoms with Crippen molar-refractivity contribution in [3.05, 3.63) is 89.7 Å². The highest BCUT2D eigenvalue weighted by molar-refractivity contribution is 7.80. The summed E-state index contributed by atoms with van der Waals surface area (Å²) >= 11 is -1.57. The smallest absolute Gasteiger partial charge is 0.254 e. The molecule has 1 unspecified atom stereocenters. The Morgan fingerprint density at radius 3 is 2.62 bits per heavy atom. The maximum atomic E-state index is 11.3. The molecular weight excluding hydrogens is 422 g/mol. The van der Waals surface area contributed by atoms with Gasteiger partial charge in [-0.1, -0.05) is 42.5 Å². The molecular formula is C23H23N7OS. The first-order chi connectivity index (χ1) is 15.6. The minimum atomic E-state index is -1.57. The number of hydrogen-bond donors (Lipinski definition) is 3. The fourth-order valence-electron chi connectivity index (χ4n) is 3.92. The summed E-state index contributed by atoms with van der Waals surface area (Å²) in [6.07, 6.45) is 1.92. The van der Waals surface area contributed by atoms with Crippen molar-refractivity contribution in [1.29, 1.82) is 0 Å². The Kier molecular flexibility index (Phi) is 5.44. The number of rotatable bonds is 7. The van der Waals surface area contributed by atoms with E-state index in [-0.39, 0.29) is 0 Å². The number of benzene rings is 2. The lowest BCUT2D eigenvalue weighted by molar-refractivity contribution is 0.673. The van der Waals surface area contributed by atoms with Gasteiger partial charge >= 0.3 is 0 Å². The van der Waals surface area contributed by atoms with E-state index in [1.807, 2.05) is 70.7 Å². The van der Waals surface area contributed by atoms with E-state index in [4.69, 9.17) is 15.2 Å². The number of aromatic nitrogens is 4. The lowest BCUT2D eigenvalue weighted by Crippen LogP contribution is -2.23. The zero-order chi connectivity index (χ0) is 22.1. The van der Waals surface area contributed by atoms with Gasteiger partial charge in [0.1, 0.15) is 5.52 Å². The van der Waals surface area contributed by atoms with Crippen molar-refractivity contribution < 1.29 is 4.21 Å². The molecule has 0 aliphatic carbocycles. The first kappa shape index (κ1) is 20.4. The quantitative estimate of drug-likeness (QED) is 0.358. The fraction of sp³-hybridized carbons (Fsp3) is 0.130. The van der Waals surface area contributed by atoms with Gasteiger partial charge in [0, 0.05) is 30.4 Å². The monoisotopic (exact) mass is 445 g/mol. The Balaban J connectivity index is 1.58. The van der Waals surface area contributed by atoms with Gasteiger partial charge in [-0.25, -0.2) is 18.6 Å². The van der Waals surface area contributed by atoms with Crippen LogP contribution in [0.3, 0.4) is 0 Å². The normalized spacial score (nSPS) is 12.4. The maximum Gasteiger partial charge on any atom is 0.254 e. The molecule has 0 amide bonds. The van der Waals surface area contributed by atoms with Crippen LogP contribution in [-0.2, 0) is 24.3 Å². The van der Waals surface area contributed by atoms with Gasteiger partial charge in [-0.15, -0.1) is 5.10 Å². The van der Waals surface area contributed by atoms with Crippen LogP contribution in [0.4, 0.5) is 5.82 Å². The zero-order valence-electron chi connectivity index (χ0n) is 17.5. The van der Waals surface area contributed by atoms with E-state index in [1.54, 1.807) is 0 Å². The molecule has 0 aliphatic rings. The topological polar surface area (TPSA) is 102 Å². The Morgan fingerprint density at radius 2 is 1.81 bits per heavy atom. The Hall–Kier alpha value is -3.53. The summed E-state index contributed by atoms with van der Waals surface area (Å²) in [5.41, 5.74) is 5.07. The third-order valence-electron chi connectivity index (χ3n) is 5.41. The number of nitrogens with zero attached hydrogens (tertiary/aromatic N) is 4. The molecule has 0 fully saturated rings. The number of hydrogen-bond acceptors (Lipinski definition) is 4. The second kappa shape index (κ2) is 8.54. The molecule has 1 atom stereocenters. The van der Waals surface area contributed by atoms with E-state index in [9.17, 15) is 4.21 Å². The molecule has 32 heavy (non-hydrogen) atoms. The van der Waals surface area contributed by atoms with Gasteiger partial charge < -0.3 is 5.32 Å². The van der Waals surface area contributed by atoms with E-state index in [1.165, 1.54) is 5.56 Å². The maximum absolute atomic E-state index is 11.3. The summed E-state index contributed by atoms with van der Waals surface area (Å²) in [5, 5.41) is 14.6. The summed E-state index contributed by atoms with van der Waals surface area (Å²) in [4.78, 5) is 4.88. The van der Waals surface area contributed by atoms with Crippen molar-refractivity contribution in [3.8, 4) is 5.95 Å². The molecule has 0 saturated heterocycles. The van der Waals surface area contributed by atoms with E-state index < -0.39 is 11.2 Å². The molecule has 0 aliphatic heterocycles. The second-order valence-corrected chi connectivity index (χ2v) is 8.41. The lowest BCUT2D eigenvalue weighted by atomic mass is 10.1. The van der Waals surface area contributed by atoms with Crippen molar-refractivity contribution in [3.63, 3.8) is 0 Å². The highest BCUT2D eigenvalue weighted by atomic mass is 32.2. The number of fused-ring (bicyclic) bond motifs is 2. The third-order valence-corrected chi connectivity index (χ3v) is 5.84. The predicted octanol–water partition coefficient (Wildman–Crippen LogP) is 3.22. The molecule has 0 spiro atoms. The molecule has 9 heteroatoms. The van der Waals surface area contributed by atoms with E-state index in [0.717, 1.165) is 33.5 Å². The minimum absolute atomic E-state index is 0.408. The largest absolute Gasteiger partial charge is 0.364 e. The average Bonchev–Trinajstić information content (AvgIpc) is 3.40. The Bertz CT molecular complexity index is 1420. The molecule has 2 aromatic carbocycles. The first-order valence-corrected chi connectivity index (χ1v) is 11.4. The highest BCUT2D eigenvalue weighted by Gasteiger charge is 2.15. The summed E-state index contributed by atoms with van der Waals surface area (Å²) in [5.74, 6) is 1.34.